The summed E-state index contributed by atoms with van der Waals surface area (Å²) in [7, 11) is 0. The maximum Gasteiger partial charge on any atom is 0.158 e. The molecule has 0 amide bonds. The van der Waals surface area contributed by atoms with Crippen LogP contribution in [0.2, 0.25) is 0 Å². The third kappa shape index (κ3) is 2.07. The maximum absolute atomic E-state index is 4.53. The van der Waals surface area contributed by atoms with Gasteiger partial charge in [-0.3, -0.25) is 0 Å². The number of nitrogens with one attached hydrogen (secondary N) is 1. The lowest BCUT2D eigenvalue weighted by Crippen LogP contribution is -2.17. The first-order valence-electron chi connectivity index (χ1n) is 6.75. The molecule has 2 heterocycles. The van der Waals surface area contributed by atoms with Crippen molar-refractivity contribution in [3.8, 4) is 0 Å². The molecule has 1 fully saturated rings. The maximum atomic E-state index is 4.53. The van der Waals surface area contributed by atoms with Crippen LogP contribution >= 0.6 is 0 Å². The topological polar surface area (TPSA) is 42.7 Å². The highest BCUT2D eigenvalue weighted by atomic mass is 15.3. The molecule has 4 nitrogen and oxygen atoms in total. The molecule has 1 atom stereocenters. The summed E-state index contributed by atoms with van der Waals surface area (Å²) in [5.41, 5.74) is 2.07. The summed E-state index contributed by atoms with van der Waals surface area (Å²) >= 11 is 0. The summed E-state index contributed by atoms with van der Waals surface area (Å²) < 4.78 is 1.96. The summed E-state index contributed by atoms with van der Waals surface area (Å²) in [4.78, 5) is 4.53. The molecule has 1 saturated carbocycles. The Bertz CT molecular complexity index is 554. The SMILES string of the molecule is CC(Nc1cnc2c(cnn2C(C)C)c1)C1CC1. The Morgan fingerprint density at radius 3 is 2.72 bits per heavy atom. The Kier molecular flexibility index (Phi) is 2.73. The minimum absolute atomic E-state index is 0.346. The number of anilines is 1. The predicted molar refractivity (Wildman–Crippen MR) is 73.7 cm³/mol. The van der Waals surface area contributed by atoms with Crippen LogP contribution in [0.1, 0.15) is 39.7 Å². The summed E-state index contributed by atoms with van der Waals surface area (Å²) in [5.74, 6) is 0.846. The first kappa shape index (κ1) is 11.5. The van der Waals surface area contributed by atoms with Crippen LogP contribution in [0.15, 0.2) is 18.5 Å². The molecule has 18 heavy (non-hydrogen) atoms. The van der Waals surface area contributed by atoms with Crippen LogP contribution in [0.25, 0.3) is 11.0 Å². The average Bonchev–Trinajstić information content (AvgIpc) is 3.09. The van der Waals surface area contributed by atoms with Crippen molar-refractivity contribution in [2.45, 2.75) is 45.7 Å². The number of hydrogen-bond donors (Lipinski definition) is 1. The normalized spacial score (nSPS) is 17.3. The van der Waals surface area contributed by atoms with Crippen molar-refractivity contribution in [1.82, 2.24) is 14.8 Å². The number of rotatable bonds is 4. The third-order valence-electron chi connectivity index (χ3n) is 3.65. The van der Waals surface area contributed by atoms with E-state index in [1.54, 1.807) is 0 Å². The number of nitrogens with zero attached hydrogens (tertiary/aromatic N) is 3. The minimum atomic E-state index is 0.346. The number of pyridine rings is 1. The van der Waals surface area contributed by atoms with E-state index in [-0.39, 0.29) is 0 Å². The molecule has 2 aromatic heterocycles. The van der Waals surface area contributed by atoms with E-state index >= 15 is 0 Å². The zero-order chi connectivity index (χ0) is 12.7. The second-order valence-corrected chi connectivity index (χ2v) is 5.59. The van der Waals surface area contributed by atoms with Crippen LogP contribution in [0.3, 0.4) is 0 Å². The first-order chi connectivity index (χ1) is 8.65. The van der Waals surface area contributed by atoms with Crippen LogP contribution in [0.4, 0.5) is 5.69 Å². The summed E-state index contributed by atoms with van der Waals surface area (Å²) in [5, 5.41) is 9.03. The van der Waals surface area contributed by atoms with Crippen LogP contribution in [-0.2, 0) is 0 Å². The Morgan fingerprint density at radius 2 is 2.06 bits per heavy atom. The van der Waals surface area contributed by atoms with Gasteiger partial charge in [-0.1, -0.05) is 0 Å². The quantitative estimate of drug-likeness (QED) is 0.898. The van der Waals surface area contributed by atoms with Crippen LogP contribution in [-0.4, -0.2) is 20.8 Å². The molecule has 1 aliphatic carbocycles. The smallest absolute Gasteiger partial charge is 0.158 e. The van der Waals surface area contributed by atoms with Gasteiger partial charge in [-0.25, -0.2) is 9.67 Å². The van der Waals surface area contributed by atoms with Crippen molar-refractivity contribution in [2.24, 2.45) is 5.92 Å². The predicted octanol–water partition coefficient (Wildman–Crippen LogP) is 3.22. The molecule has 0 saturated heterocycles. The fourth-order valence-electron chi connectivity index (χ4n) is 2.37. The van der Waals surface area contributed by atoms with E-state index < -0.39 is 0 Å². The second-order valence-electron chi connectivity index (χ2n) is 5.59. The van der Waals surface area contributed by atoms with E-state index in [2.05, 4.69) is 42.2 Å². The lowest BCUT2D eigenvalue weighted by molar-refractivity contribution is 0.546. The lowest BCUT2D eigenvalue weighted by atomic mass is 10.2. The van der Waals surface area contributed by atoms with Crippen molar-refractivity contribution >= 4 is 16.7 Å². The average molecular weight is 244 g/mol. The van der Waals surface area contributed by atoms with Crippen molar-refractivity contribution in [3.63, 3.8) is 0 Å². The van der Waals surface area contributed by atoms with E-state index in [1.165, 1.54) is 12.8 Å². The number of fused-ring (bicyclic) bond motifs is 1. The van der Waals surface area contributed by atoms with E-state index in [0.717, 1.165) is 22.6 Å². The highest BCUT2D eigenvalue weighted by Gasteiger charge is 2.27. The molecule has 0 spiro atoms. The molecule has 1 unspecified atom stereocenters. The van der Waals surface area contributed by atoms with E-state index in [9.17, 15) is 0 Å². The molecule has 0 radical (unpaired) electrons. The standard InChI is InChI=1S/C14H20N4/c1-9(2)18-14-12(7-16-18)6-13(8-15-14)17-10(3)11-4-5-11/h6-11,17H,4-5H2,1-3H3. The van der Waals surface area contributed by atoms with Crippen molar-refractivity contribution in [2.75, 3.05) is 5.32 Å². The molecular formula is C14H20N4. The van der Waals surface area contributed by atoms with Gasteiger partial charge in [0.05, 0.1) is 18.1 Å². The third-order valence-corrected chi connectivity index (χ3v) is 3.65. The summed E-state index contributed by atoms with van der Waals surface area (Å²) in [6.07, 6.45) is 6.53. The molecule has 0 bridgehead atoms. The monoisotopic (exact) mass is 244 g/mol. The van der Waals surface area contributed by atoms with Gasteiger partial charge in [-0.05, 0) is 45.6 Å². The Labute approximate surface area is 107 Å². The van der Waals surface area contributed by atoms with Gasteiger partial charge >= 0.3 is 0 Å². The van der Waals surface area contributed by atoms with Gasteiger partial charge in [-0.15, -0.1) is 0 Å². The lowest BCUT2D eigenvalue weighted by Gasteiger charge is -2.14. The van der Waals surface area contributed by atoms with Gasteiger partial charge in [0.25, 0.3) is 0 Å². The van der Waals surface area contributed by atoms with Gasteiger partial charge < -0.3 is 5.32 Å². The van der Waals surface area contributed by atoms with Gasteiger partial charge in [0.2, 0.25) is 0 Å². The number of hydrogen-bond acceptors (Lipinski definition) is 3. The first-order valence-corrected chi connectivity index (χ1v) is 6.75. The minimum Gasteiger partial charge on any atom is -0.381 e. The Hall–Kier alpha value is -1.58. The molecular weight excluding hydrogens is 224 g/mol. The molecule has 3 rings (SSSR count). The molecule has 0 aliphatic heterocycles. The van der Waals surface area contributed by atoms with Crippen LogP contribution < -0.4 is 5.32 Å². The molecule has 96 valence electrons. The van der Waals surface area contributed by atoms with Crippen molar-refractivity contribution in [1.29, 1.82) is 0 Å². The molecule has 1 aliphatic rings. The van der Waals surface area contributed by atoms with Crippen molar-refractivity contribution < 1.29 is 0 Å². The van der Waals surface area contributed by atoms with Gasteiger partial charge in [-0.2, -0.15) is 5.10 Å². The fraction of sp³-hybridized carbons (Fsp3) is 0.571. The number of aromatic nitrogens is 3. The van der Waals surface area contributed by atoms with Crippen LogP contribution in [0, 0.1) is 5.92 Å². The highest BCUT2D eigenvalue weighted by molar-refractivity contribution is 5.78. The highest BCUT2D eigenvalue weighted by Crippen LogP contribution is 2.34. The van der Waals surface area contributed by atoms with Crippen LogP contribution in [0.5, 0.6) is 0 Å². The zero-order valence-corrected chi connectivity index (χ0v) is 11.2. The van der Waals surface area contributed by atoms with E-state index in [0.29, 0.717) is 12.1 Å². The zero-order valence-electron chi connectivity index (χ0n) is 11.2. The van der Waals surface area contributed by atoms with Gasteiger partial charge in [0.1, 0.15) is 0 Å². The molecule has 1 N–H and O–H groups in total. The van der Waals surface area contributed by atoms with E-state index in [1.807, 2.05) is 17.1 Å². The fourth-order valence-corrected chi connectivity index (χ4v) is 2.37. The Morgan fingerprint density at radius 1 is 1.28 bits per heavy atom. The summed E-state index contributed by atoms with van der Waals surface area (Å²) in [6, 6.07) is 3.04. The largest absolute Gasteiger partial charge is 0.381 e. The Balaban J connectivity index is 1.87. The van der Waals surface area contributed by atoms with Gasteiger partial charge in [0, 0.05) is 17.5 Å². The second kappa shape index (κ2) is 4.26. The molecule has 0 aromatic carbocycles. The summed E-state index contributed by atoms with van der Waals surface area (Å²) in [6.45, 7) is 6.49. The van der Waals surface area contributed by atoms with E-state index in [4.69, 9.17) is 0 Å². The van der Waals surface area contributed by atoms with Crippen molar-refractivity contribution in [3.05, 3.63) is 18.5 Å². The molecule has 4 heteroatoms. The molecule has 2 aromatic rings. The van der Waals surface area contributed by atoms with Gasteiger partial charge in [0.15, 0.2) is 5.65 Å².